The molecule has 2 aromatic rings. The van der Waals surface area contributed by atoms with Crippen LogP contribution in [0.4, 0.5) is 4.39 Å². The van der Waals surface area contributed by atoms with E-state index in [0.717, 1.165) is 0 Å². The summed E-state index contributed by atoms with van der Waals surface area (Å²) < 4.78 is 19.6. The van der Waals surface area contributed by atoms with Crippen molar-refractivity contribution in [3.8, 4) is 11.4 Å². The van der Waals surface area contributed by atoms with Crippen molar-refractivity contribution in [3.63, 3.8) is 0 Å². The molecular formula is C16H18FN3O2. The lowest BCUT2D eigenvalue weighted by Gasteiger charge is -2.26. The zero-order chi connectivity index (χ0) is 15.9. The monoisotopic (exact) mass is 303 g/mol. The normalized spacial score (nSPS) is 21.4. The first-order valence-corrected chi connectivity index (χ1v) is 7.30. The Morgan fingerprint density at radius 1 is 1.41 bits per heavy atom. The van der Waals surface area contributed by atoms with Crippen molar-refractivity contribution in [3.05, 3.63) is 35.5 Å². The fourth-order valence-corrected chi connectivity index (χ4v) is 2.83. The van der Waals surface area contributed by atoms with Gasteiger partial charge in [0.2, 0.25) is 17.6 Å². The van der Waals surface area contributed by atoms with E-state index in [1.807, 2.05) is 13.8 Å². The molecule has 1 N–H and O–H groups in total. The van der Waals surface area contributed by atoms with Crippen LogP contribution in [0.5, 0.6) is 0 Å². The van der Waals surface area contributed by atoms with Crippen LogP contribution in [0.25, 0.3) is 11.4 Å². The van der Waals surface area contributed by atoms with Gasteiger partial charge in [-0.2, -0.15) is 4.98 Å². The summed E-state index contributed by atoms with van der Waals surface area (Å²) in [5.74, 6) is 0.360. The quantitative estimate of drug-likeness (QED) is 0.946. The van der Waals surface area contributed by atoms with Gasteiger partial charge in [0.05, 0.1) is 11.0 Å². The molecule has 0 spiro atoms. The maximum atomic E-state index is 14.2. The number of carbonyl (C=O) groups is 1. The summed E-state index contributed by atoms with van der Waals surface area (Å²) in [6.45, 7) is 6.17. The number of amides is 1. The summed E-state index contributed by atoms with van der Waals surface area (Å²) >= 11 is 0. The van der Waals surface area contributed by atoms with Gasteiger partial charge < -0.3 is 9.84 Å². The van der Waals surface area contributed by atoms with E-state index < -0.39 is 5.41 Å². The van der Waals surface area contributed by atoms with Gasteiger partial charge in [-0.25, -0.2) is 4.39 Å². The summed E-state index contributed by atoms with van der Waals surface area (Å²) in [5, 5.41) is 6.74. The molecule has 1 saturated heterocycles. The minimum atomic E-state index is -0.525. The molecule has 1 aliphatic rings. The third-order valence-electron chi connectivity index (χ3n) is 4.47. The highest BCUT2D eigenvalue weighted by Gasteiger charge is 2.47. The molecule has 0 unspecified atom stereocenters. The van der Waals surface area contributed by atoms with Crippen molar-refractivity contribution < 1.29 is 13.7 Å². The van der Waals surface area contributed by atoms with Crippen molar-refractivity contribution in [2.24, 2.45) is 5.92 Å². The Morgan fingerprint density at radius 2 is 2.18 bits per heavy atom. The van der Waals surface area contributed by atoms with Gasteiger partial charge in [0, 0.05) is 13.0 Å². The van der Waals surface area contributed by atoms with Gasteiger partial charge in [0.15, 0.2) is 0 Å². The minimum absolute atomic E-state index is 0.0322. The van der Waals surface area contributed by atoms with Gasteiger partial charge in [-0.05, 0) is 24.5 Å². The maximum absolute atomic E-state index is 14.2. The van der Waals surface area contributed by atoms with Crippen molar-refractivity contribution in [2.45, 2.75) is 32.6 Å². The lowest BCUT2D eigenvalue weighted by molar-refractivity contribution is -0.119. The van der Waals surface area contributed by atoms with Gasteiger partial charge in [-0.1, -0.05) is 31.1 Å². The number of carbonyl (C=O) groups excluding carboxylic acids is 1. The van der Waals surface area contributed by atoms with Gasteiger partial charge in [-0.3, -0.25) is 4.79 Å². The van der Waals surface area contributed by atoms with Gasteiger partial charge in [-0.15, -0.1) is 0 Å². The first kappa shape index (κ1) is 14.7. The van der Waals surface area contributed by atoms with Crippen LogP contribution in [0.1, 0.15) is 31.7 Å². The first-order valence-electron chi connectivity index (χ1n) is 7.30. The SMILES string of the molecule is Cc1cccc(-c2noc([C@]3(C(C)C)CNC(=O)C3)n2)c1F. The van der Waals surface area contributed by atoms with Crippen LogP contribution in [0.3, 0.4) is 0 Å². The second kappa shape index (κ2) is 5.19. The van der Waals surface area contributed by atoms with E-state index in [4.69, 9.17) is 4.52 Å². The highest BCUT2D eigenvalue weighted by molar-refractivity contribution is 5.80. The second-order valence-electron chi connectivity index (χ2n) is 6.12. The van der Waals surface area contributed by atoms with Gasteiger partial charge in [0.1, 0.15) is 5.82 Å². The molecule has 1 amide bonds. The summed E-state index contributed by atoms with van der Waals surface area (Å²) in [6, 6.07) is 5.06. The molecule has 1 aliphatic heterocycles. The largest absolute Gasteiger partial charge is 0.355 e. The lowest BCUT2D eigenvalue weighted by atomic mass is 9.76. The van der Waals surface area contributed by atoms with E-state index in [1.54, 1.807) is 25.1 Å². The van der Waals surface area contributed by atoms with Crippen molar-refractivity contribution in [1.82, 2.24) is 15.5 Å². The van der Waals surface area contributed by atoms with E-state index in [0.29, 0.717) is 30.0 Å². The summed E-state index contributed by atoms with van der Waals surface area (Å²) in [4.78, 5) is 16.0. The van der Waals surface area contributed by atoms with E-state index in [1.165, 1.54) is 0 Å². The Hall–Kier alpha value is -2.24. The number of nitrogens with zero attached hydrogens (tertiary/aromatic N) is 2. The van der Waals surface area contributed by atoms with Crippen LogP contribution < -0.4 is 5.32 Å². The standard InChI is InChI=1S/C16H18FN3O2/c1-9(2)16(7-12(21)18-8-16)15-19-14(20-22-15)11-6-4-5-10(3)13(11)17/h4-6,9H,7-8H2,1-3H3,(H,18,21)/t16-/m0/s1. The van der Waals surface area contributed by atoms with E-state index in [-0.39, 0.29) is 23.5 Å². The maximum Gasteiger partial charge on any atom is 0.235 e. The number of halogens is 1. The summed E-state index contributed by atoms with van der Waals surface area (Å²) in [5.41, 5.74) is 0.314. The van der Waals surface area contributed by atoms with Crippen molar-refractivity contribution in [1.29, 1.82) is 0 Å². The molecule has 6 heteroatoms. The molecule has 1 atom stereocenters. The Bertz CT molecular complexity index is 726. The number of aromatic nitrogens is 2. The first-order chi connectivity index (χ1) is 10.4. The molecular weight excluding hydrogens is 285 g/mol. The van der Waals surface area contributed by atoms with Crippen LogP contribution in [0.2, 0.25) is 0 Å². The predicted molar refractivity (Wildman–Crippen MR) is 78.6 cm³/mol. The molecule has 3 rings (SSSR count). The zero-order valence-corrected chi connectivity index (χ0v) is 12.8. The minimum Gasteiger partial charge on any atom is -0.355 e. The molecule has 0 saturated carbocycles. The third-order valence-corrected chi connectivity index (χ3v) is 4.47. The number of hydrogen-bond donors (Lipinski definition) is 1. The Morgan fingerprint density at radius 3 is 2.82 bits per heavy atom. The van der Waals surface area contributed by atoms with E-state index in [9.17, 15) is 9.18 Å². The molecule has 0 radical (unpaired) electrons. The number of benzene rings is 1. The molecule has 2 heterocycles. The van der Waals surface area contributed by atoms with Crippen LogP contribution in [-0.2, 0) is 10.2 Å². The number of hydrogen-bond acceptors (Lipinski definition) is 4. The zero-order valence-electron chi connectivity index (χ0n) is 12.8. The molecule has 22 heavy (non-hydrogen) atoms. The fourth-order valence-electron chi connectivity index (χ4n) is 2.83. The molecule has 116 valence electrons. The van der Waals surface area contributed by atoms with Gasteiger partial charge >= 0.3 is 0 Å². The predicted octanol–water partition coefficient (Wildman–Crippen LogP) is 2.60. The van der Waals surface area contributed by atoms with Crippen LogP contribution in [0.15, 0.2) is 22.7 Å². The molecule has 0 aliphatic carbocycles. The van der Waals surface area contributed by atoms with E-state index in [2.05, 4.69) is 15.5 Å². The van der Waals surface area contributed by atoms with Crippen molar-refractivity contribution in [2.75, 3.05) is 6.54 Å². The molecule has 1 aromatic carbocycles. The fraction of sp³-hybridized carbons (Fsp3) is 0.438. The highest BCUT2D eigenvalue weighted by atomic mass is 19.1. The summed E-state index contributed by atoms with van der Waals surface area (Å²) in [7, 11) is 0. The van der Waals surface area contributed by atoms with Crippen LogP contribution in [0, 0.1) is 18.7 Å². The molecule has 1 aromatic heterocycles. The Kier molecular flexibility index (Phi) is 3.47. The smallest absolute Gasteiger partial charge is 0.235 e. The Balaban J connectivity index is 2.03. The lowest BCUT2D eigenvalue weighted by Crippen LogP contribution is -2.35. The van der Waals surface area contributed by atoms with Crippen LogP contribution in [-0.4, -0.2) is 22.6 Å². The molecule has 0 bridgehead atoms. The van der Waals surface area contributed by atoms with Gasteiger partial charge in [0.25, 0.3) is 0 Å². The number of nitrogens with one attached hydrogen (secondary N) is 1. The topological polar surface area (TPSA) is 68.0 Å². The average Bonchev–Trinajstić information content (AvgIpc) is 3.09. The molecule has 5 nitrogen and oxygen atoms in total. The number of rotatable bonds is 3. The molecule has 1 fully saturated rings. The van der Waals surface area contributed by atoms with Crippen molar-refractivity contribution >= 4 is 5.91 Å². The third kappa shape index (κ3) is 2.19. The Labute approximate surface area is 127 Å². The van der Waals surface area contributed by atoms with E-state index >= 15 is 0 Å². The number of aryl methyl sites for hydroxylation is 1. The second-order valence-corrected chi connectivity index (χ2v) is 6.12. The highest BCUT2D eigenvalue weighted by Crippen LogP contribution is 2.38. The van der Waals surface area contributed by atoms with Crippen LogP contribution >= 0.6 is 0 Å². The average molecular weight is 303 g/mol. The summed E-state index contributed by atoms with van der Waals surface area (Å²) in [6.07, 6.45) is 0.308.